The molecule has 0 rings (SSSR count). The van der Waals surface area contributed by atoms with Crippen LogP contribution in [0.2, 0.25) is 0 Å². The van der Waals surface area contributed by atoms with Crippen molar-refractivity contribution in [2.45, 2.75) is 132 Å². The number of aliphatic hydroxyl groups is 3. The highest BCUT2D eigenvalue weighted by molar-refractivity contribution is 5.76. The maximum Gasteiger partial charge on any atom is 0.310 e. The van der Waals surface area contributed by atoms with Gasteiger partial charge < -0.3 is 20.4 Å². The zero-order valence-electron chi connectivity index (χ0n) is 23.0. The molecule has 0 saturated carbocycles. The molecule has 0 spiro atoms. The second kappa shape index (κ2) is 20.7. The molecule has 0 aromatic carbocycles. The minimum absolute atomic E-state index is 0.162. The van der Waals surface area contributed by atoms with Crippen LogP contribution in [-0.2, 0) is 4.79 Å². The summed E-state index contributed by atoms with van der Waals surface area (Å²) in [5.41, 5.74) is -0.605. The van der Waals surface area contributed by atoms with E-state index in [0.29, 0.717) is 5.92 Å². The molecule has 0 aliphatic heterocycles. The molecule has 1 atom stereocenters. The number of rotatable bonds is 19. The Morgan fingerprint density at radius 2 is 1.06 bits per heavy atom. The Hall–Kier alpha value is -0.650. The van der Waals surface area contributed by atoms with E-state index in [9.17, 15) is 9.90 Å². The highest BCUT2D eigenvalue weighted by Gasteiger charge is 2.51. The van der Waals surface area contributed by atoms with Crippen molar-refractivity contribution in [1.29, 1.82) is 0 Å². The minimum Gasteiger partial charge on any atom is -0.481 e. The average Bonchev–Trinajstić information content (AvgIpc) is 2.75. The molecule has 0 saturated heterocycles. The van der Waals surface area contributed by atoms with Gasteiger partial charge >= 0.3 is 5.97 Å². The number of aliphatic hydroxyl groups excluding tert-OH is 3. The summed E-state index contributed by atoms with van der Waals surface area (Å²) in [4.78, 5) is 12.4. The first kappa shape index (κ1) is 34.5. The summed E-state index contributed by atoms with van der Waals surface area (Å²) in [5, 5.41) is 34.2. The molecule has 0 fully saturated rings. The molecular formula is C28H58O5. The van der Waals surface area contributed by atoms with Gasteiger partial charge in [0.2, 0.25) is 0 Å². The second-order valence-electron chi connectivity index (χ2n) is 10.7. The van der Waals surface area contributed by atoms with Gasteiger partial charge in [0.1, 0.15) is 6.10 Å². The maximum absolute atomic E-state index is 12.4. The molecule has 0 aromatic rings. The van der Waals surface area contributed by atoms with Crippen molar-refractivity contribution in [2.24, 2.45) is 29.1 Å². The largest absolute Gasteiger partial charge is 0.481 e. The zero-order valence-corrected chi connectivity index (χ0v) is 23.0. The molecule has 1 unspecified atom stereocenters. The van der Waals surface area contributed by atoms with Crippen molar-refractivity contribution >= 4 is 5.97 Å². The Morgan fingerprint density at radius 1 is 0.697 bits per heavy atom. The number of aliphatic carboxylic acids is 1. The molecule has 0 aromatic heterocycles. The number of hydrogen-bond donors (Lipinski definition) is 4. The molecule has 0 amide bonds. The van der Waals surface area contributed by atoms with Crippen LogP contribution in [0, 0.1) is 29.1 Å². The van der Waals surface area contributed by atoms with Crippen LogP contribution in [0.4, 0.5) is 0 Å². The summed E-state index contributed by atoms with van der Waals surface area (Å²) >= 11 is 0. The molecule has 0 aliphatic carbocycles. The topological polar surface area (TPSA) is 98.0 Å². The van der Waals surface area contributed by atoms with Crippen LogP contribution in [-0.4, -0.2) is 45.7 Å². The van der Waals surface area contributed by atoms with Gasteiger partial charge in [0.05, 0.1) is 18.6 Å². The smallest absolute Gasteiger partial charge is 0.310 e. The van der Waals surface area contributed by atoms with Gasteiger partial charge in [-0.15, -0.1) is 0 Å². The van der Waals surface area contributed by atoms with E-state index < -0.39 is 17.5 Å². The van der Waals surface area contributed by atoms with E-state index in [1.165, 1.54) is 70.6 Å². The van der Waals surface area contributed by atoms with Crippen molar-refractivity contribution in [3.63, 3.8) is 0 Å². The SMILES string of the molecule is CCCCCCCCCCCCCC(C(C)C)C(C(=O)O)(C(C)C)C(C)C.OCC(O)CO. The summed E-state index contributed by atoms with van der Waals surface area (Å²) in [7, 11) is 0. The predicted molar refractivity (Wildman–Crippen MR) is 139 cm³/mol. The van der Waals surface area contributed by atoms with Crippen molar-refractivity contribution in [2.75, 3.05) is 13.2 Å². The van der Waals surface area contributed by atoms with Crippen LogP contribution in [0.15, 0.2) is 0 Å². The molecule has 5 nitrogen and oxygen atoms in total. The molecule has 200 valence electrons. The molecule has 0 bridgehead atoms. The maximum atomic E-state index is 12.4. The molecule has 0 heterocycles. The van der Waals surface area contributed by atoms with Crippen LogP contribution in [0.1, 0.15) is 126 Å². The Balaban J connectivity index is 0. The Kier molecular flexibility index (Phi) is 21.7. The van der Waals surface area contributed by atoms with Gasteiger partial charge in [0, 0.05) is 0 Å². The zero-order chi connectivity index (χ0) is 25.9. The van der Waals surface area contributed by atoms with Crippen LogP contribution in [0.5, 0.6) is 0 Å². The lowest BCUT2D eigenvalue weighted by Gasteiger charge is -2.46. The number of hydrogen-bond acceptors (Lipinski definition) is 4. The third-order valence-electron chi connectivity index (χ3n) is 7.24. The lowest BCUT2D eigenvalue weighted by Crippen LogP contribution is -2.49. The predicted octanol–water partition coefficient (Wildman–Crippen LogP) is 6.67. The normalized spacial score (nSPS) is 13.0. The van der Waals surface area contributed by atoms with Crippen LogP contribution in [0.25, 0.3) is 0 Å². The second-order valence-corrected chi connectivity index (χ2v) is 10.7. The summed E-state index contributed by atoms with van der Waals surface area (Å²) < 4.78 is 0. The molecule has 33 heavy (non-hydrogen) atoms. The summed E-state index contributed by atoms with van der Waals surface area (Å²) in [5.74, 6) is 0.405. The van der Waals surface area contributed by atoms with Crippen molar-refractivity contribution in [3.05, 3.63) is 0 Å². The van der Waals surface area contributed by atoms with E-state index in [-0.39, 0.29) is 31.0 Å². The van der Waals surface area contributed by atoms with Gasteiger partial charge in [0.25, 0.3) is 0 Å². The monoisotopic (exact) mass is 474 g/mol. The minimum atomic E-state index is -0.954. The number of unbranched alkanes of at least 4 members (excludes halogenated alkanes) is 10. The highest BCUT2D eigenvalue weighted by Crippen LogP contribution is 2.48. The van der Waals surface area contributed by atoms with Crippen molar-refractivity contribution in [1.82, 2.24) is 0 Å². The summed E-state index contributed by atoms with van der Waals surface area (Å²) in [6.07, 6.45) is 14.9. The van der Waals surface area contributed by atoms with Crippen LogP contribution >= 0.6 is 0 Å². The van der Waals surface area contributed by atoms with Gasteiger partial charge in [-0.25, -0.2) is 0 Å². The van der Waals surface area contributed by atoms with E-state index in [2.05, 4.69) is 48.5 Å². The number of carboxylic acids is 1. The van der Waals surface area contributed by atoms with E-state index in [1.807, 2.05) is 0 Å². The molecule has 0 radical (unpaired) electrons. The third kappa shape index (κ3) is 13.7. The summed E-state index contributed by atoms with van der Waals surface area (Å²) in [6.45, 7) is 14.4. The number of carboxylic acid groups (broad SMARTS) is 1. The van der Waals surface area contributed by atoms with Gasteiger partial charge in [-0.2, -0.15) is 0 Å². The molecule has 0 aliphatic rings. The standard InChI is InChI=1S/C25H50O2.C3H8O3/c1-8-9-10-11-12-13-14-15-16-17-18-19-23(20(2)3)25(21(4)5,22(6)7)24(26)27;4-1-3(6)2-5/h20-23H,8-19H2,1-7H3,(H,26,27);3-6H,1-2H2. The van der Waals surface area contributed by atoms with E-state index >= 15 is 0 Å². The molecule has 4 N–H and O–H groups in total. The van der Waals surface area contributed by atoms with Gasteiger partial charge in [-0.1, -0.05) is 119 Å². The third-order valence-corrected chi connectivity index (χ3v) is 7.24. The van der Waals surface area contributed by atoms with E-state index in [1.54, 1.807) is 0 Å². The van der Waals surface area contributed by atoms with E-state index in [0.717, 1.165) is 6.42 Å². The molecular weight excluding hydrogens is 416 g/mol. The lowest BCUT2D eigenvalue weighted by molar-refractivity contribution is -0.164. The lowest BCUT2D eigenvalue weighted by atomic mass is 9.57. The van der Waals surface area contributed by atoms with Crippen LogP contribution < -0.4 is 0 Å². The first-order valence-corrected chi connectivity index (χ1v) is 13.7. The van der Waals surface area contributed by atoms with Gasteiger partial charge in [-0.05, 0) is 30.1 Å². The average molecular weight is 475 g/mol. The summed E-state index contributed by atoms with van der Waals surface area (Å²) in [6, 6.07) is 0. The fraction of sp³-hybridized carbons (Fsp3) is 0.964. The quantitative estimate of drug-likeness (QED) is 0.157. The van der Waals surface area contributed by atoms with Gasteiger partial charge in [0.15, 0.2) is 0 Å². The van der Waals surface area contributed by atoms with Crippen molar-refractivity contribution < 1.29 is 25.2 Å². The fourth-order valence-corrected chi connectivity index (χ4v) is 5.39. The highest BCUT2D eigenvalue weighted by atomic mass is 16.4. The first-order chi connectivity index (χ1) is 15.5. The fourth-order valence-electron chi connectivity index (χ4n) is 5.39. The Morgan fingerprint density at radius 3 is 1.30 bits per heavy atom. The van der Waals surface area contributed by atoms with Gasteiger partial charge in [-0.3, -0.25) is 4.79 Å². The van der Waals surface area contributed by atoms with Crippen LogP contribution in [0.3, 0.4) is 0 Å². The Labute approximate surface area is 205 Å². The van der Waals surface area contributed by atoms with E-state index in [4.69, 9.17) is 15.3 Å². The number of carbonyl (C=O) groups is 1. The van der Waals surface area contributed by atoms with Crippen molar-refractivity contribution in [3.8, 4) is 0 Å². The first-order valence-electron chi connectivity index (χ1n) is 13.7. The molecule has 5 heteroatoms. The Bertz CT molecular complexity index is 436.